The van der Waals surface area contributed by atoms with Crippen molar-refractivity contribution >= 4 is 29.6 Å². The van der Waals surface area contributed by atoms with Gasteiger partial charge in [-0.15, -0.1) is 0 Å². The van der Waals surface area contributed by atoms with Crippen LogP contribution in [0, 0.1) is 5.92 Å². The van der Waals surface area contributed by atoms with Crippen molar-refractivity contribution in [2.24, 2.45) is 17.4 Å². The maximum Gasteiger partial charge on any atom is 0.326 e. The summed E-state index contributed by atoms with van der Waals surface area (Å²) in [6, 6.07) is 4.43. The molecule has 0 aliphatic heterocycles. The van der Waals surface area contributed by atoms with Gasteiger partial charge in [0.1, 0.15) is 18.1 Å². The van der Waals surface area contributed by atoms with Gasteiger partial charge in [-0.05, 0) is 17.9 Å². The number of imidazole rings is 1. The van der Waals surface area contributed by atoms with Crippen molar-refractivity contribution in [1.29, 1.82) is 0 Å². The molecule has 0 spiro atoms. The number of aromatic nitrogens is 2. The molecule has 39 heavy (non-hydrogen) atoms. The SMILES string of the molecule is CCC(C)C(NC(=O)C(Cc1ccccc1)NC(=O)C(N)CCC(N)=O)C(=O)NC(Cc1cnc[nH]1)C(=O)O. The number of nitrogens with two attached hydrogens (primary N) is 2. The molecule has 4 amide bonds. The molecule has 5 unspecified atom stereocenters. The second kappa shape index (κ2) is 15.2. The number of carbonyl (C=O) groups excluding carboxylic acids is 4. The number of carboxylic acid groups (broad SMARTS) is 1. The highest BCUT2D eigenvalue weighted by Gasteiger charge is 2.33. The fraction of sp³-hybridized carbons (Fsp3) is 0.462. The lowest BCUT2D eigenvalue weighted by Gasteiger charge is -2.28. The number of hydrogen-bond acceptors (Lipinski definition) is 7. The molecule has 1 aromatic heterocycles. The molecule has 2 rings (SSSR count). The van der Waals surface area contributed by atoms with Crippen LogP contribution in [0.2, 0.25) is 0 Å². The van der Waals surface area contributed by atoms with Crippen molar-refractivity contribution in [2.75, 3.05) is 0 Å². The second-order valence-electron chi connectivity index (χ2n) is 9.41. The predicted octanol–water partition coefficient (Wildman–Crippen LogP) is -0.627. The zero-order valence-electron chi connectivity index (χ0n) is 22.1. The summed E-state index contributed by atoms with van der Waals surface area (Å²) in [6.07, 6.45) is 3.35. The van der Waals surface area contributed by atoms with Gasteiger partial charge in [0, 0.05) is 31.2 Å². The number of nitrogens with zero attached hydrogens (tertiary/aromatic N) is 1. The van der Waals surface area contributed by atoms with Crippen molar-refractivity contribution in [2.45, 2.75) is 70.1 Å². The minimum atomic E-state index is -1.26. The Morgan fingerprint density at radius 1 is 0.974 bits per heavy atom. The molecule has 0 saturated carbocycles. The number of nitrogens with one attached hydrogen (secondary N) is 4. The smallest absolute Gasteiger partial charge is 0.326 e. The third-order valence-corrected chi connectivity index (χ3v) is 6.34. The van der Waals surface area contributed by atoms with Crippen LogP contribution in [-0.4, -0.2) is 68.8 Å². The first-order valence-electron chi connectivity index (χ1n) is 12.7. The summed E-state index contributed by atoms with van der Waals surface area (Å²) >= 11 is 0. The average molecular weight is 544 g/mol. The van der Waals surface area contributed by atoms with Gasteiger partial charge in [-0.1, -0.05) is 50.6 Å². The number of H-pyrrole nitrogens is 1. The van der Waals surface area contributed by atoms with E-state index in [1.807, 2.05) is 13.0 Å². The van der Waals surface area contributed by atoms with Crippen molar-refractivity contribution in [3.63, 3.8) is 0 Å². The molecular formula is C26H37N7O6. The molecule has 0 saturated heterocycles. The van der Waals surface area contributed by atoms with Crippen molar-refractivity contribution in [3.8, 4) is 0 Å². The summed E-state index contributed by atoms with van der Waals surface area (Å²) in [5.41, 5.74) is 12.3. The third kappa shape index (κ3) is 10.2. The number of aromatic amines is 1. The molecular weight excluding hydrogens is 506 g/mol. The summed E-state index contributed by atoms with van der Waals surface area (Å²) in [6.45, 7) is 3.58. The van der Waals surface area contributed by atoms with E-state index in [9.17, 15) is 29.1 Å². The monoisotopic (exact) mass is 543 g/mol. The molecule has 1 aromatic carbocycles. The fourth-order valence-corrected chi connectivity index (χ4v) is 3.80. The summed E-state index contributed by atoms with van der Waals surface area (Å²) < 4.78 is 0. The number of hydrogen-bond donors (Lipinski definition) is 7. The Balaban J connectivity index is 2.21. The number of carbonyl (C=O) groups is 5. The molecule has 0 fully saturated rings. The van der Waals surface area contributed by atoms with Gasteiger partial charge in [0.2, 0.25) is 23.6 Å². The van der Waals surface area contributed by atoms with Crippen LogP contribution in [0.5, 0.6) is 0 Å². The number of rotatable bonds is 16. The Morgan fingerprint density at radius 2 is 1.64 bits per heavy atom. The highest BCUT2D eigenvalue weighted by molar-refractivity contribution is 5.94. The first-order chi connectivity index (χ1) is 18.5. The van der Waals surface area contributed by atoms with Crippen LogP contribution in [0.3, 0.4) is 0 Å². The highest BCUT2D eigenvalue weighted by atomic mass is 16.4. The Kier molecular flexibility index (Phi) is 12.1. The number of carboxylic acids is 1. The second-order valence-corrected chi connectivity index (χ2v) is 9.41. The number of benzene rings is 1. The van der Waals surface area contributed by atoms with E-state index in [1.54, 1.807) is 31.2 Å². The van der Waals surface area contributed by atoms with E-state index in [0.29, 0.717) is 12.1 Å². The van der Waals surface area contributed by atoms with Gasteiger partial charge in [0.25, 0.3) is 0 Å². The molecule has 9 N–H and O–H groups in total. The van der Waals surface area contributed by atoms with E-state index in [1.165, 1.54) is 12.5 Å². The minimum absolute atomic E-state index is 0.00561. The van der Waals surface area contributed by atoms with E-state index in [4.69, 9.17) is 11.5 Å². The zero-order valence-corrected chi connectivity index (χ0v) is 22.1. The van der Waals surface area contributed by atoms with Crippen molar-refractivity contribution in [3.05, 3.63) is 54.1 Å². The van der Waals surface area contributed by atoms with E-state index in [0.717, 1.165) is 5.56 Å². The van der Waals surface area contributed by atoms with Gasteiger partial charge in [-0.3, -0.25) is 19.2 Å². The minimum Gasteiger partial charge on any atom is -0.480 e. The van der Waals surface area contributed by atoms with Crippen LogP contribution < -0.4 is 27.4 Å². The Labute approximate surface area is 226 Å². The number of aliphatic carboxylic acids is 1. The fourth-order valence-electron chi connectivity index (χ4n) is 3.80. The van der Waals surface area contributed by atoms with Crippen LogP contribution in [0.15, 0.2) is 42.9 Å². The standard InChI is InChI=1S/C26H37N7O6/c1-3-15(2)22(25(37)32-20(26(38)39)12-17-13-29-14-30-17)33-24(36)19(11-16-7-5-4-6-8-16)31-23(35)18(27)9-10-21(28)34/h4-8,13-15,18-20,22H,3,9-12,27H2,1-2H3,(H2,28,34)(H,29,30)(H,31,35)(H,32,37)(H,33,36)(H,38,39). The van der Waals surface area contributed by atoms with Gasteiger partial charge in [0.05, 0.1) is 12.4 Å². The first kappa shape index (κ1) is 31.0. The van der Waals surface area contributed by atoms with E-state index < -0.39 is 53.8 Å². The Bertz CT molecular complexity index is 1110. The quantitative estimate of drug-likeness (QED) is 0.144. The van der Waals surface area contributed by atoms with Gasteiger partial charge in [0.15, 0.2) is 0 Å². The zero-order chi connectivity index (χ0) is 28.9. The molecule has 0 bridgehead atoms. The van der Waals surface area contributed by atoms with E-state index in [2.05, 4.69) is 25.9 Å². The third-order valence-electron chi connectivity index (χ3n) is 6.34. The number of amides is 4. The lowest BCUT2D eigenvalue weighted by Crippen LogP contribution is -2.59. The van der Waals surface area contributed by atoms with Crippen molar-refractivity contribution in [1.82, 2.24) is 25.9 Å². The van der Waals surface area contributed by atoms with Crippen LogP contribution in [0.25, 0.3) is 0 Å². The van der Waals surface area contributed by atoms with Crippen LogP contribution in [-0.2, 0) is 36.8 Å². The van der Waals surface area contributed by atoms with Crippen molar-refractivity contribution < 1.29 is 29.1 Å². The van der Waals surface area contributed by atoms with Gasteiger partial charge in [-0.2, -0.15) is 0 Å². The highest BCUT2D eigenvalue weighted by Crippen LogP contribution is 2.11. The first-order valence-corrected chi connectivity index (χ1v) is 12.7. The van der Waals surface area contributed by atoms with Crippen LogP contribution >= 0.6 is 0 Å². The van der Waals surface area contributed by atoms with Crippen LogP contribution in [0.4, 0.5) is 0 Å². The molecule has 0 radical (unpaired) electrons. The Hall–Kier alpha value is -4.26. The molecule has 5 atom stereocenters. The molecule has 0 aliphatic rings. The lowest BCUT2D eigenvalue weighted by molar-refractivity contribution is -0.142. The maximum atomic E-state index is 13.4. The van der Waals surface area contributed by atoms with Gasteiger partial charge < -0.3 is 37.5 Å². The summed E-state index contributed by atoms with van der Waals surface area (Å²) in [4.78, 5) is 68.9. The normalized spacial score (nSPS) is 14.7. The maximum absolute atomic E-state index is 13.4. The van der Waals surface area contributed by atoms with Gasteiger partial charge >= 0.3 is 5.97 Å². The van der Waals surface area contributed by atoms with E-state index >= 15 is 0 Å². The summed E-state index contributed by atoms with van der Waals surface area (Å²) in [5.74, 6) is -4.18. The lowest BCUT2D eigenvalue weighted by atomic mass is 9.96. The average Bonchev–Trinajstić information content (AvgIpc) is 3.42. The van der Waals surface area contributed by atoms with Crippen LogP contribution in [0.1, 0.15) is 44.4 Å². The topological polar surface area (TPSA) is 222 Å². The molecule has 0 aliphatic carbocycles. The Morgan fingerprint density at radius 3 is 2.21 bits per heavy atom. The molecule has 2 aromatic rings. The molecule has 212 valence electrons. The van der Waals surface area contributed by atoms with E-state index in [-0.39, 0.29) is 31.6 Å². The molecule has 13 nitrogen and oxygen atoms in total. The largest absolute Gasteiger partial charge is 0.480 e. The molecule has 1 heterocycles. The summed E-state index contributed by atoms with van der Waals surface area (Å²) in [5, 5.41) is 17.4. The summed E-state index contributed by atoms with van der Waals surface area (Å²) in [7, 11) is 0. The predicted molar refractivity (Wildman–Crippen MR) is 142 cm³/mol. The molecule has 13 heteroatoms. The number of primary amides is 1. The van der Waals surface area contributed by atoms with Gasteiger partial charge in [-0.25, -0.2) is 9.78 Å².